The first-order valence-corrected chi connectivity index (χ1v) is 9.82. The molecule has 0 radical (unpaired) electrons. The number of fused-ring (bicyclic) bond motifs is 1. The SMILES string of the molecule is CCc1nc(Cn2c(=O)oc3cc(S(=O)(=O)Nc4cccnc4)ccc32)no1. The number of anilines is 1. The Morgan fingerprint density at radius 2 is 2.11 bits per heavy atom. The van der Waals surface area contributed by atoms with Crippen molar-refractivity contribution in [2.24, 2.45) is 0 Å². The second-order valence-corrected chi connectivity index (χ2v) is 7.57. The van der Waals surface area contributed by atoms with Gasteiger partial charge in [-0.3, -0.25) is 14.3 Å². The zero-order valence-corrected chi connectivity index (χ0v) is 15.5. The number of aryl methyl sites for hydroxylation is 1. The second kappa shape index (κ2) is 6.93. The minimum Gasteiger partial charge on any atom is -0.408 e. The van der Waals surface area contributed by atoms with E-state index in [0.29, 0.717) is 29.3 Å². The molecular formula is C17H15N5O5S. The molecule has 3 aromatic heterocycles. The molecule has 11 heteroatoms. The largest absolute Gasteiger partial charge is 0.420 e. The van der Waals surface area contributed by atoms with E-state index in [0.717, 1.165) is 0 Å². The Hall–Kier alpha value is -3.47. The Morgan fingerprint density at radius 3 is 2.82 bits per heavy atom. The van der Waals surface area contributed by atoms with Gasteiger partial charge in [-0.05, 0) is 24.3 Å². The lowest BCUT2D eigenvalue weighted by Gasteiger charge is -2.07. The van der Waals surface area contributed by atoms with Gasteiger partial charge in [0, 0.05) is 18.7 Å². The lowest BCUT2D eigenvalue weighted by molar-refractivity contribution is 0.375. The average Bonchev–Trinajstić information content (AvgIpc) is 3.26. The van der Waals surface area contributed by atoms with E-state index in [4.69, 9.17) is 8.94 Å². The van der Waals surface area contributed by atoms with Gasteiger partial charge >= 0.3 is 5.76 Å². The van der Waals surface area contributed by atoms with E-state index in [2.05, 4.69) is 19.8 Å². The fourth-order valence-electron chi connectivity index (χ4n) is 2.64. The predicted octanol–water partition coefficient (Wildman–Crippen LogP) is 1.78. The minimum absolute atomic E-state index is 0.0439. The number of hydrogen-bond acceptors (Lipinski definition) is 8. The van der Waals surface area contributed by atoms with Crippen molar-refractivity contribution < 1.29 is 17.4 Å². The Balaban J connectivity index is 1.67. The molecule has 4 rings (SSSR count). The molecule has 0 unspecified atom stereocenters. The third-order valence-electron chi connectivity index (χ3n) is 3.98. The molecule has 0 fully saturated rings. The van der Waals surface area contributed by atoms with Crippen molar-refractivity contribution in [2.45, 2.75) is 24.8 Å². The van der Waals surface area contributed by atoms with Crippen LogP contribution in [0.3, 0.4) is 0 Å². The molecule has 0 amide bonds. The highest BCUT2D eigenvalue weighted by atomic mass is 32.2. The van der Waals surface area contributed by atoms with Crippen LogP contribution in [0.25, 0.3) is 11.1 Å². The van der Waals surface area contributed by atoms with Gasteiger partial charge in [-0.15, -0.1) is 0 Å². The molecule has 0 atom stereocenters. The van der Waals surface area contributed by atoms with Crippen LogP contribution in [0.5, 0.6) is 0 Å². The summed E-state index contributed by atoms with van der Waals surface area (Å²) in [4.78, 5) is 20.2. The van der Waals surface area contributed by atoms with E-state index in [1.165, 1.54) is 35.2 Å². The molecule has 4 aromatic rings. The number of sulfonamides is 1. The molecule has 0 aliphatic heterocycles. The molecule has 1 N–H and O–H groups in total. The molecule has 10 nitrogen and oxygen atoms in total. The lowest BCUT2D eigenvalue weighted by Crippen LogP contribution is -2.15. The van der Waals surface area contributed by atoms with Crippen molar-refractivity contribution in [2.75, 3.05) is 4.72 Å². The van der Waals surface area contributed by atoms with Crippen LogP contribution in [0.4, 0.5) is 5.69 Å². The number of pyridine rings is 1. The molecule has 0 bridgehead atoms. The van der Waals surface area contributed by atoms with Crippen molar-refractivity contribution in [3.8, 4) is 0 Å². The van der Waals surface area contributed by atoms with Crippen molar-refractivity contribution >= 4 is 26.8 Å². The monoisotopic (exact) mass is 401 g/mol. The van der Waals surface area contributed by atoms with E-state index in [9.17, 15) is 13.2 Å². The van der Waals surface area contributed by atoms with E-state index >= 15 is 0 Å². The smallest absolute Gasteiger partial charge is 0.408 e. The van der Waals surface area contributed by atoms with Gasteiger partial charge in [0.05, 0.1) is 28.8 Å². The van der Waals surface area contributed by atoms with Gasteiger partial charge in [-0.2, -0.15) is 4.98 Å². The molecule has 3 heterocycles. The van der Waals surface area contributed by atoms with Crippen LogP contribution >= 0.6 is 0 Å². The summed E-state index contributed by atoms with van der Waals surface area (Å²) in [6.07, 6.45) is 3.51. The maximum atomic E-state index is 12.6. The number of nitrogens with one attached hydrogen (secondary N) is 1. The molecule has 0 aliphatic rings. The van der Waals surface area contributed by atoms with Gasteiger partial charge in [0.2, 0.25) is 5.89 Å². The van der Waals surface area contributed by atoms with Crippen molar-refractivity contribution in [1.29, 1.82) is 0 Å². The van der Waals surface area contributed by atoms with Crippen molar-refractivity contribution in [3.05, 3.63) is 65.0 Å². The molecule has 28 heavy (non-hydrogen) atoms. The highest BCUT2D eigenvalue weighted by Gasteiger charge is 2.19. The summed E-state index contributed by atoms with van der Waals surface area (Å²) in [5.74, 6) is 0.148. The van der Waals surface area contributed by atoms with E-state index in [-0.39, 0.29) is 17.0 Å². The fourth-order valence-corrected chi connectivity index (χ4v) is 3.70. The number of nitrogens with zero attached hydrogens (tertiary/aromatic N) is 4. The highest BCUT2D eigenvalue weighted by molar-refractivity contribution is 7.92. The van der Waals surface area contributed by atoms with Crippen LogP contribution in [-0.2, 0) is 23.0 Å². The van der Waals surface area contributed by atoms with Crippen LogP contribution in [0.2, 0.25) is 0 Å². The molecule has 0 spiro atoms. The highest BCUT2D eigenvalue weighted by Crippen LogP contribution is 2.21. The predicted molar refractivity (Wildman–Crippen MR) is 98.3 cm³/mol. The first-order chi connectivity index (χ1) is 13.5. The van der Waals surface area contributed by atoms with Crippen LogP contribution in [0, 0.1) is 0 Å². The molecule has 144 valence electrons. The Kier molecular flexibility index (Phi) is 4.43. The zero-order chi connectivity index (χ0) is 19.7. The van der Waals surface area contributed by atoms with Crippen LogP contribution in [0.1, 0.15) is 18.6 Å². The van der Waals surface area contributed by atoms with Crippen molar-refractivity contribution in [3.63, 3.8) is 0 Å². The first-order valence-electron chi connectivity index (χ1n) is 8.34. The van der Waals surface area contributed by atoms with Gasteiger partial charge in [-0.25, -0.2) is 13.2 Å². The van der Waals surface area contributed by atoms with Crippen LogP contribution in [-0.4, -0.2) is 28.1 Å². The maximum absolute atomic E-state index is 12.6. The first kappa shape index (κ1) is 17.9. The summed E-state index contributed by atoms with van der Waals surface area (Å²) < 4.78 is 39.1. The summed E-state index contributed by atoms with van der Waals surface area (Å²) in [7, 11) is -3.87. The van der Waals surface area contributed by atoms with Gasteiger partial charge in [0.25, 0.3) is 10.0 Å². The maximum Gasteiger partial charge on any atom is 0.420 e. The molecular weight excluding hydrogens is 386 g/mol. The fraction of sp³-hybridized carbons (Fsp3) is 0.176. The third-order valence-corrected chi connectivity index (χ3v) is 5.35. The summed E-state index contributed by atoms with van der Waals surface area (Å²) in [6, 6.07) is 7.37. The Labute approximate surface area is 158 Å². The van der Waals surface area contributed by atoms with Crippen LogP contribution < -0.4 is 10.5 Å². The van der Waals surface area contributed by atoms with Gasteiger partial charge < -0.3 is 8.94 Å². The van der Waals surface area contributed by atoms with Gasteiger partial charge in [0.1, 0.15) is 0 Å². The molecule has 0 saturated carbocycles. The lowest BCUT2D eigenvalue weighted by atomic mass is 10.3. The summed E-state index contributed by atoms with van der Waals surface area (Å²) in [5, 5.41) is 3.81. The summed E-state index contributed by atoms with van der Waals surface area (Å²) in [6.45, 7) is 1.92. The quantitative estimate of drug-likeness (QED) is 0.517. The van der Waals surface area contributed by atoms with Gasteiger partial charge in [-0.1, -0.05) is 12.1 Å². The molecule has 1 aromatic carbocycles. The van der Waals surface area contributed by atoms with E-state index < -0.39 is 15.8 Å². The third kappa shape index (κ3) is 3.39. The molecule has 0 saturated heterocycles. The zero-order valence-electron chi connectivity index (χ0n) is 14.7. The van der Waals surface area contributed by atoms with E-state index in [1.807, 2.05) is 6.92 Å². The normalized spacial score (nSPS) is 11.8. The average molecular weight is 401 g/mol. The number of oxazole rings is 1. The van der Waals surface area contributed by atoms with E-state index in [1.54, 1.807) is 12.1 Å². The van der Waals surface area contributed by atoms with Crippen molar-refractivity contribution in [1.82, 2.24) is 19.7 Å². The summed E-state index contributed by atoms with van der Waals surface area (Å²) >= 11 is 0. The van der Waals surface area contributed by atoms with Gasteiger partial charge in [0.15, 0.2) is 11.4 Å². The summed E-state index contributed by atoms with van der Waals surface area (Å²) in [5.41, 5.74) is 0.886. The number of benzene rings is 1. The standard InChI is InChI=1S/C17H15N5O5S/c1-2-16-19-15(20-27-16)10-22-13-6-5-12(8-14(13)26-17(22)23)28(24,25)21-11-4-3-7-18-9-11/h3-9,21H,2,10H2,1H3. The second-order valence-electron chi connectivity index (χ2n) is 5.89. The Morgan fingerprint density at radius 1 is 1.25 bits per heavy atom. The Bertz CT molecular complexity index is 1290. The number of rotatable bonds is 6. The van der Waals surface area contributed by atoms with Crippen LogP contribution in [0.15, 0.2) is 61.4 Å². The molecule has 0 aliphatic carbocycles. The number of aromatic nitrogens is 4. The topological polar surface area (TPSA) is 133 Å². The number of hydrogen-bond donors (Lipinski definition) is 1. The minimum atomic E-state index is -3.87.